The number of halogens is 1. The van der Waals surface area contributed by atoms with Gasteiger partial charge in [-0.3, -0.25) is 0 Å². The molecule has 0 bridgehead atoms. The summed E-state index contributed by atoms with van der Waals surface area (Å²) < 4.78 is 36.3. The molecular formula is C17H16FN3O2S. The first-order valence-corrected chi connectivity index (χ1v) is 9.26. The van der Waals surface area contributed by atoms with Gasteiger partial charge >= 0.3 is 0 Å². The van der Waals surface area contributed by atoms with Crippen molar-refractivity contribution in [3.8, 4) is 0 Å². The second-order valence-corrected chi connectivity index (χ2v) is 7.49. The van der Waals surface area contributed by atoms with Gasteiger partial charge in [0, 0.05) is 18.2 Å². The zero-order chi connectivity index (χ0) is 17.2. The molecule has 0 amide bonds. The molecule has 24 heavy (non-hydrogen) atoms. The molecule has 0 saturated heterocycles. The van der Waals surface area contributed by atoms with Gasteiger partial charge in [0.15, 0.2) is 9.84 Å². The number of nitrogens with one attached hydrogen (secondary N) is 1. The fourth-order valence-electron chi connectivity index (χ4n) is 2.38. The number of rotatable bonds is 5. The van der Waals surface area contributed by atoms with Crippen molar-refractivity contribution in [2.45, 2.75) is 11.3 Å². The summed E-state index contributed by atoms with van der Waals surface area (Å²) in [4.78, 5) is 8.58. The summed E-state index contributed by atoms with van der Waals surface area (Å²) in [5.41, 5.74) is 1.67. The standard InChI is InChI=1S/C17H16FN3O2S/c1-24(22,23)14-6-7-16-15(10-14)17(21-11-20-16)19-9-8-12-2-4-13(18)5-3-12/h2-7,10-11H,8-9H2,1H3,(H,19,20,21). The second-order valence-electron chi connectivity index (χ2n) is 5.48. The quantitative estimate of drug-likeness (QED) is 0.770. The van der Waals surface area contributed by atoms with Crippen molar-refractivity contribution in [2.24, 2.45) is 0 Å². The van der Waals surface area contributed by atoms with Crippen LogP contribution in [0.5, 0.6) is 0 Å². The maximum atomic E-state index is 12.9. The van der Waals surface area contributed by atoms with Crippen LogP contribution in [0, 0.1) is 5.82 Å². The third-order valence-corrected chi connectivity index (χ3v) is 4.76. The van der Waals surface area contributed by atoms with Crippen LogP contribution in [-0.4, -0.2) is 31.2 Å². The van der Waals surface area contributed by atoms with Crippen LogP contribution in [-0.2, 0) is 16.3 Å². The van der Waals surface area contributed by atoms with Crippen LogP contribution < -0.4 is 5.32 Å². The zero-order valence-corrected chi connectivity index (χ0v) is 13.8. The first-order chi connectivity index (χ1) is 11.4. The molecule has 0 atom stereocenters. The fraction of sp³-hybridized carbons (Fsp3) is 0.176. The molecule has 2 aromatic carbocycles. The van der Waals surface area contributed by atoms with Gasteiger partial charge in [-0.15, -0.1) is 0 Å². The van der Waals surface area contributed by atoms with Gasteiger partial charge in [0.1, 0.15) is 18.0 Å². The molecule has 0 aliphatic rings. The summed E-state index contributed by atoms with van der Waals surface area (Å²) in [6, 6.07) is 11.1. The Balaban J connectivity index is 1.82. The minimum Gasteiger partial charge on any atom is -0.369 e. The van der Waals surface area contributed by atoms with Crippen molar-refractivity contribution in [3.05, 3.63) is 60.2 Å². The molecule has 0 saturated carbocycles. The Labute approximate surface area is 139 Å². The summed E-state index contributed by atoms with van der Waals surface area (Å²) in [7, 11) is -3.30. The molecule has 124 valence electrons. The molecule has 3 rings (SSSR count). The van der Waals surface area contributed by atoms with Crippen LogP contribution in [0.2, 0.25) is 0 Å². The number of anilines is 1. The first-order valence-electron chi connectivity index (χ1n) is 7.36. The highest BCUT2D eigenvalue weighted by molar-refractivity contribution is 7.90. The summed E-state index contributed by atoms with van der Waals surface area (Å²) in [5.74, 6) is 0.314. The summed E-state index contributed by atoms with van der Waals surface area (Å²) in [6.45, 7) is 0.584. The molecule has 7 heteroatoms. The lowest BCUT2D eigenvalue weighted by atomic mass is 10.1. The number of fused-ring (bicyclic) bond motifs is 1. The van der Waals surface area contributed by atoms with Gasteiger partial charge in [0.25, 0.3) is 0 Å². The number of benzene rings is 2. The van der Waals surface area contributed by atoms with Crippen LogP contribution in [0.4, 0.5) is 10.2 Å². The van der Waals surface area contributed by atoms with Gasteiger partial charge in [-0.25, -0.2) is 22.8 Å². The Bertz CT molecular complexity index is 973. The highest BCUT2D eigenvalue weighted by Gasteiger charge is 2.10. The molecule has 0 unspecified atom stereocenters. The molecule has 0 aliphatic heterocycles. The van der Waals surface area contributed by atoms with Gasteiger partial charge in [-0.1, -0.05) is 12.1 Å². The molecule has 3 aromatic rings. The SMILES string of the molecule is CS(=O)(=O)c1ccc2ncnc(NCCc3ccc(F)cc3)c2c1. The molecule has 0 radical (unpaired) electrons. The van der Waals surface area contributed by atoms with Gasteiger partial charge < -0.3 is 5.32 Å². The van der Waals surface area contributed by atoms with Crippen LogP contribution >= 0.6 is 0 Å². The summed E-state index contributed by atoms with van der Waals surface area (Å²) in [6.07, 6.45) is 3.29. The maximum Gasteiger partial charge on any atom is 0.175 e. The molecule has 0 aliphatic carbocycles. The van der Waals surface area contributed by atoms with E-state index in [1.807, 2.05) is 0 Å². The molecule has 0 fully saturated rings. The van der Waals surface area contributed by atoms with E-state index in [-0.39, 0.29) is 10.7 Å². The Morgan fingerprint density at radius 1 is 1.08 bits per heavy atom. The summed E-state index contributed by atoms with van der Waals surface area (Å²) in [5, 5.41) is 3.84. The van der Waals surface area contributed by atoms with E-state index in [9.17, 15) is 12.8 Å². The number of nitrogens with zero attached hydrogens (tertiary/aromatic N) is 2. The van der Waals surface area contributed by atoms with E-state index in [2.05, 4.69) is 15.3 Å². The number of hydrogen-bond donors (Lipinski definition) is 1. The predicted octanol–water partition coefficient (Wildman–Crippen LogP) is 2.83. The Morgan fingerprint density at radius 3 is 2.54 bits per heavy atom. The van der Waals surface area contributed by atoms with Gasteiger partial charge in [-0.2, -0.15) is 0 Å². The van der Waals surface area contributed by atoms with Crippen molar-refractivity contribution >= 4 is 26.6 Å². The number of hydrogen-bond acceptors (Lipinski definition) is 5. The molecule has 5 nitrogen and oxygen atoms in total. The highest BCUT2D eigenvalue weighted by Crippen LogP contribution is 2.23. The van der Waals surface area contributed by atoms with Crippen molar-refractivity contribution in [3.63, 3.8) is 0 Å². The molecule has 1 N–H and O–H groups in total. The number of sulfone groups is 1. The zero-order valence-electron chi connectivity index (χ0n) is 13.0. The molecule has 0 spiro atoms. The van der Waals surface area contributed by atoms with E-state index in [1.165, 1.54) is 30.8 Å². The van der Waals surface area contributed by atoms with E-state index in [4.69, 9.17) is 0 Å². The average Bonchev–Trinajstić information content (AvgIpc) is 2.55. The van der Waals surface area contributed by atoms with E-state index in [0.717, 1.165) is 5.56 Å². The Hall–Kier alpha value is -2.54. The Morgan fingerprint density at radius 2 is 1.83 bits per heavy atom. The topological polar surface area (TPSA) is 72.0 Å². The minimum atomic E-state index is -3.30. The number of aromatic nitrogens is 2. The average molecular weight is 345 g/mol. The second kappa shape index (κ2) is 6.52. The predicted molar refractivity (Wildman–Crippen MR) is 91.2 cm³/mol. The van der Waals surface area contributed by atoms with Crippen molar-refractivity contribution in [2.75, 3.05) is 18.1 Å². The lowest BCUT2D eigenvalue weighted by Gasteiger charge is -2.09. The lowest BCUT2D eigenvalue weighted by molar-refractivity contribution is 0.602. The van der Waals surface area contributed by atoms with E-state index >= 15 is 0 Å². The van der Waals surface area contributed by atoms with Crippen LogP contribution in [0.1, 0.15) is 5.56 Å². The molecule has 1 heterocycles. The molecule has 1 aromatic heterocycles. The van der Waals surface area contributed by atoms with E-state index in [1.54, 1.807) is 24.3 Å². The van der Waals surface area contributed by atoms with Crippen LogP contribution in [0.3, 0.4) is 0 Å². The summed E-state index contributed by atoms with van der Waals surface area (Å²) >= 11 is 0. The van der Waals surface area contributed by atoms with E-state index in [0.29, 0.717) is 29.7 Å². The third kappa shape index (κ3) is 3.68. The molecular weight excluding hydrogens is 329 g/mol. The monoisotopic (exact) mass is 345 g/mol. The van der Waals surface area contributed by atoms with Gasteiger partial charge in [0.05, 0.1) is 10.4 Å². The first kappa shape index (κ1) is 16.3. The van der Waals surface area contributed by atoms with Gasteiger partial charge in [0.2, 0.25) is 0 Å². The van der Waals surface area contributed by atoms with Crippen molar-refractivity contribution < 1.29 is 12.8 Å². The smallest absolute Gasteiger partial charge is 0.175 e. The normalized spacial score (nSPS) is 11.6. The van der Waals surface area contributed by atoms with Crippen LogP contribution in [0.25, 0.3) is 10.9 Å². The van der Waals surface area contributed by atoms with Crippen molar-refractivity contribution in [1.82, 2.24) is 9.97 Å². The van der Waals surface area contributed by atoms with Gasteiger partial charge in [-0.05, 0) is 42.3 Å². The fourth-order valence-corrected chi connectivity index (χ4v) is 3.03. The van der Waals surface area contributed by atoms with Crippen molar-refractivity contribution in [1.29, 1.82) is 0 Å². The minimum absolute atomic E-state index is 0.228. The maximum absolute atomic E-state index is 12.9. The third-order valence-electron chi connectivity index (χ3n) is 3.65. The largest absolute Gasteiger partial charge is 0.369 e. The Kier molecular flexibility index (Phi) is 4.44. The highest BCUT2D eigenvalue weighted by atomic mass is 32.2. The lowest BCUT2D eigenvalue weighted by Crippen LogP contribution is -2.07. The van der Waals surface area contributed by atoms with Crippen LogP contribution in [0.15, 0.2) is 53.7 Å². The van der Waals surface area contributed by atoms with E-state index < -0.39 is 9.84 Å².